The normalized spacial score (nSPS) is 39.9. The summed E-state index contributed by atoms with van der Waals surface area (Å²) in [6, 6.07) is -0.558. The van der Waals surface area contributed by atoms with Crippen molar-refractivity contribution in [2.24, 2.45) is 11.7 Å². The molecule has 1 saturated heterocycles. The van der Waals surface area contributed by atoms with Gasteiger partial charge in [0.25, 0.3) is 0 Å². The van der Waals surface area contributed by atoms with Gasteiger partial charge in [0.05, 0.1) is 6.61 Å². The molecule has 0 aromatic heterocycles. The number of hydrogen-bond donors (Lipinski definition) is 2. The molecule has 0 radical (unpaired) electrons. The number of aliphatic hydroxyl groups is 1. The molecular formula is C6H11NO3. The second-order valence-corrected chi connectivity index (χ2v) is 2.54. The number of cyclic esters (lactones) is 1. The summed E-state index contributed by atoms with van der Waals surface area (Å²) < 4.78 is 4.72. The summed E-state index contributed by atoms with van der Waals surface area (Å²) in [6.45, 7) is 1.65. The van der Waals surface area contributed by atoms with Crippen molar-refractivity contribution in [2.75, 3.05) is 6.61 Å². The molecule has 1 rings (SSSR count). The molecule has 1 aliphatic rings. The molecule has 0 spiro atoms. The van der Waals surface area contributed by atoms with Gasteiger partial charge in [-0.05, 0) is 0 Å². The van der Waals surface area contributed by atoms with Gasteiger partial charge in [-0.1, -0.05) is 6.92 Å². The average Bonchev–Trinajstić information content (AvgIpc) is 2.17. The summed E-state index contributed by atoms with van der Waals surface area (Å²) >= 11 is 0. The molecule has 0 aromatic rings. The number of ether oxygens (including phenoxy) is 1. The van der Waals surface area contributed by atoms with Crippen molar-refractivity contribution in [2.45, 2.75) is 19.1 Å². The monoisotopic (exact) mass is 145 g/mol. The first-order valence-corrected chi connectivity index (χ1v) is 3.23. The fourth-order valence-electron chi connectivity index (χ4n) is 0.985. The number of hydrogen-bond acceptors (Lipinski definition) is 4. The minimum Gasteiger partial charge on any atom is -0.458 e. The Bertz CT molecular complexity index is 148. The Morgan fingerprint density at radius 2 is 2.40 bits per heavy atom. The van der Waals surface area contributed by atoms with Gasteiger partial charge < -0.3 is 15.6 Å². The Labute approximate surface area is 59.0 Å². The van der Waals surface area contributed by atoms with E-state index in [4.69, 9.17) is 15.6 Å². The van der Waals surface area contributed by atoms with Gasteiger partial charge >= 0.3 is 5.97 Å². The first-order valence-electron chi connectivity index (χ1n) is 3.23. The molecule has 1 fully saturated rings. The predicted molar refractivity (Wildman–Crippen MR) is 34.1 cm³/mol. The maximum absolute atomic E-state index is 10.7. The van der Waals surface area contributed by atoms with Gasteiger partial charge in [-0.25, -0.2) is 0 Å². The van der Waals surface area contributed by atoms with Crippen LogP contribution in [0.15, 0.2) is 0 Å². The average molecular weight is 145 g/mol. The molecule has 4 nitrogen and oxygen atoms in total. The quantitative estimate of drug-likeness (QED) is 0.458. The van der Waals surface area contributed by atoms with Gasteiger partial charge in [0.2, 0.25) is 0 Å². The number of esters is 1. The third-order valence-electron chi connectivity index (χ3n) is 1.87. The van der Waals surface area contributed by atoms with Crippen molar-refractivity contribution in [1.82, 2.24) is 0 Å². The number of rotatable bonds is 1. The van der Waals surface area contributed by atoms with Crippen LogP contribution in [-0.2, 0) is 9.53 Å². The molecule has 1 aliphatic heterocycles. The van der Waals surface area contributed by atoms with E-state index in [1.807, 2.05) is 0 Å². The zero-order valence-corrected chi connectivity index (χ0v) is 5.78. The highest BCUT2D eigenvalue weighted by Crippen LogP contribution is 2.19. The van der Waals surface area contributed by atoms with Crippen LogP contribution < -0.4 is 5.73 Å². The van der Waals surface area contributed by atoms with Crippen LogP contribution in [0.1, 0.15) is 6.92 Å². The maximum Gasteiger partial charge on any atom is 0.323 e. The lowest BCUT2D eigenvalue weighted by atomic mass is 10.0. The zero-order chi connectivity index (χ0) is 7.72. The van der Waals surface area contributed by atoms with E-state index in [-0.39, 0.29) is 12.5 Å². The van der Waals surface area contributed by atoms with Gasteiger partial charge in [-0.2, -0.15) is 0 Å². The molecule has 0 aliphatic carbocycles. The number of nitrogens with two attached hydrogens (primary N) is 1. The molecule has 1 heterocycles. The third kappa shape index (κ3) is 0.998. The highest BCUT2D eigenvalue weighted by Gasteiger charge is 2.38. The topological polar surface area (TPSA) is 72.5 Å². The summed E-state index contributed by atoms with van der Waals surface area (Å²) in [5.74, 6) is -0.482. The smallest absolute Gasteiger partial charge is 0.323 e. The van der Waals surface area contributed by atoms with Crippen LogP contribution in [0.3, 0.4) is 0 Å². The molecule has 3 unspecified atom stereocenters. The van der Waals surface area contributed by atoms with Crippen LogP contribution in [0, 0.1) is 5.92 Å². The molecule has 3 N–H and O–H groups in total. The molecule has 0 aromatic carbocycles. The van der Waals surface area contributed by atoms with E-state index in [2.05, 4.69) is 0 Å². The van der Waals surface area contributed by atoms with Crippen molar-refractivity contribution in [1.29, 1.82) is 0 Å². The Hall–Kier alpha value is -0.610. The second kappa shape index (κ2) is 2.56. The Balaban J connectivity index is 2.61. The van der Waals surface area contributed by atoms with Crippen LogP contribution >= 0.6 is 0 Å². The van der Waals surface area contributed by atoms with E-state index in [0.717, 1.165) is 0 Å². The Morgan fingerprint density at radius 1 is 1.80 bits per heavy atom. The standard InChI is InChI=1S/C6H11NO3/c1-3-4(2-8)10-6(9)5(3)7/h3-5,8H,2,7H2,1H3. The SMILES string of the molecule is CC1C(CO)OC(=O)C1N. The highest BCUT2D eigenvalue weighted by atomic mass is 16.6. The van der Waals surface area contributed by atoms with Crippen LogP contribution in [0.2, 0.25) is 0 Å². The first kappa shape index (κ1) is 7.50. The van der Waals surface area contributed by atoms with E-state index in [1.54, 1.807) is 6.92 Å². The largest absolute Gasteiger partial charge is 0.458 e. The first-order chi connectivity index (χ1) is 4.66. The minimum absolute atomic E-state index is 0.0718. The molecule has 4 heteroatoms. The van der Waals surface area contributed by atoms with Gasteiger partial charge in [-0.15, -0.1) is 0 Å². The molecule has 58 valence electrons. The van der Waals surface area contributed by atoms with Gasteiger partial charge in [0.1, 0.15) is 12.1 Å². The molecule has 0 saturated carbocycles. The summed E-state index contributed by atoms with van der Waals surface area (Å²) in [7, 11) is 0. The van der Waals surface area contributed by atoms with Crippen molar-refractivity contribution in [3.05, 3.63) is 0 Å². The van der Waals surface area contributed by atoms with Crippen molar-refractivity contribution in [3.8, 4) is 0 Å². The molecule has 0 bridgehead atoms. The van der Waals surface area contributed by atoms with E-state index in [9.17, 15) is 4.79 Å². The number of carbonyl (C=O) groups is 1. The van der Waals surface area contributed by atoms with Crippen LogP contribution in [0.4, 0.5) is 0 Å². The van der Waals surface area contributed by atoms with Crippen LogP contribution in [0.25, 0.3) is 0 Å². The Kier molecular flexibility index (Phi) is 1.92. The molecule has 0 amide bonds. The summed E-state index contributed by atoms with van der Waals surface area (Å²) in [5, 5.41) is 8.64. The fraction of sp³-hybridized carbons (Fsp3) is 0.833. The van der Waals surface area contributed by atoms with E-state index >= 15 is 0 Å². The molecule has 10 heavy (non-hydrogen) atoms. The number of carbonyl (C=O) groups excluding carboxylic acids is 1. The Morgan fingerprint density at radius 3 is 2.60 bits per heavy atom. The highest BCUT2D eigenvalue weighted by molar-refractivity contribution is 5.78. The number of aliphatic hydroxyl groups excluding tert-OH is 1. The van der Waals surface area contributed by atoms with E-state index < -0.39 is 18.1 Å². The van der Waals surface area contributed by atoms with Crippen molar-refractivity contribution >= 4 is 5.97 Å². The molecular weight excluding hydrogens is 134 g/mol. The molecule has 3 atom stereocenters. The fourth-order valence-corrected chi connectivity index (χ4v) is 0.985. The van der Waals surface area contributed by atoms with E-state index in [1.165, 1.54) is 0 Å². The van der Waals surface area contributed by atoms with Crippen LogP contribution in [0.5, 0.6) is 0 Å². The van der Waals surface area contributed by atoms with Crippen LogP contribution in [-0.4, -0.2) is 29.8 Å². The summed E-state index contributed by atoms with van der Waals surface area (Å²) in [4.78, 5) is 10.7. The predicted octanol–water partition coefficient (Wildman–Crippen LogP) is -1.13. The maximum atomic E-state index is 10.7. The van der Waals surface area contributed by atoms with Crippen molar-refractivity contribution < 1.29 is 14.6 Å². The zero-order valence-electron chi connectivity index (χ0n) is 5.78. The summed E-state index contributed by atoms with van der Waals surface area (Å²) in [6.07, 6.45) is -0.400. The third-order valence-corrected chi connectivity index (χ3v) is 1.87. The minimum atomic E-state index is -0.558. The lowest BCUT2D eigenvalue weighted by Crippen LogP contribution is -2.32. The lowest BCUT2D eigenvalue weighted by Gasteiger charge is -2.09. The van der Waals surface area contributed by atoms with E-state index in [0.29, 0.717) is 0 Å². The van der Waals surface area contributed by atoms with Gasteiger partial charge in [-0.3, -0.25) is 4.79 Å². The van der Waals surface area contributed by atoms with Gasteiger partial charge in [0, 0.05) is 5.92 Å². The lowest BCUT2D eigenvalue weighted by molar-refractivity contribution is -0.143. The van der Waals surface area contributed by atoms with Gasteiger partial charge in [0.15, 0.2) is 0 Å². The summed E-state index contributed by atoms with van der Waals surface area (Å²) in [5.41, 5.74) is 5.40. The second-order valence-electron chi connectivity index (χ2n) is 2.54. The van der Waals surface area contributed by atoms with Crippen molar-refractivity contribution in [3.63, 3.8) is 0 Å².